The predicted molar refractivity (Wildman–Crippen MR) is 69.6 cm³/mol. The van der Waals surface area contributed by atoms with Crippen LogP contribution in [0.5, 0.6) is 0 Å². The molecule has 2 aliphatic rings. The largest absolute Gasteiger partial charge is 0.396 e. The van der Waals surface area contributed by atoms with Crippen LogP contribution in [0.25, 0.3) is 0 Å². The molecule has 4 atom stereocenters. The van der Waals surface area contributed by atoms with E-state index >= 15 is 0 Å². The highest BCUT2D eigenvalue weighted by Crippen LogP contribution is 2.52. The number of fused-ring (bicyclic) bond motifs is 1. The normalized spacial score (nSPS) is 42.5. The zero-order valence-electron chi connectivity index (χ0n) is 11.4. The predicted octanol–water partition coefficient (Wildman–Crippen LogP) is 2.75. The molecule has 2 N–H and O–H groups in total. The summed E-state index contributed by atoms with van der Waals surface area (Å²) in [5.74, 6) is 1.70. The van der Waals surface area contributed by atoms with Gasteiger partial charge < -0.3 is 10.2 Å². The second kappa shape index (κ2) is 4.74. The van der Waals surface area contributed by atoms with Gasteiger partial charge in [-0.25, -0.2) is 0 Å². The smallest absolute Gasteiger partial charge is 0.0496 e. The molecular formula is C15H26O2. The van der Waals surface area contributed by atoms with E-state index in [0.717, 1.165) is 19.3 Å². The summed E-state index contributed by atoms with van der Waals surface area (Å²) >= 11 is 0. The highest BCUT2D eigenvalue weighted by Gasteiger charge is 2.42. The summed E-state index contributed by atoms with van der Waals surface area (Å²) in [7, 11) is 0. The second-order valence-electron chi connectivity index (χ2n) is 6.60. The second-order valence-corrected chi connectivity index (χ2v) is 6.60. The molecule has 0 heterocycles. The van der Waals surface area contributed by atoms with Crippen LogP contribution in [0.4, 0.5) is 0 Å². The van der Waals surface area contributed by atoms with Gasteiger partial charge in [-0.3, -0.25) is 0 Å². The quantitative estimate of drug-likeness (QED) is 0.726. The molecule has 2 nitrogen and oxygen atoms in total. The van der Waals surface area contributed by atoms with Crippen LogP contribution in [0.3, 0.4) is 0 Å². The monoisotopic (exact) mass is 238 g/mol. The maximum Gasteiger partial charge on any atom is 0.0496 e. The summed E-state index contributed by atoms with van der Waals surface area (Å²) in [6, 6.07) is 0. The van der Waals surface area contributed by atoms with Crippen LogP contribution < -0.4 is 0 Å². The van der Waals surface area contributed by atoms with Crippen LogP contribution in [0, 0.1) is 23.2 Å². The Kier molecular flexibility index (Phi) is 3.65. The lowest BCUT2D eigenvalue weighted by atomic mass is 9.83. The molecule has 1 fully saturated rings. The van der Waals surface area contributed by atoms with Crippen molar-refractivity contribution in [1.82, 2.24) is 0 Å². The molecule has 0 radical (unpaired) electrons. The van der Waals surface area contributed by atoms with Crippen molar-refractivity contribution in [2.75, 3.05) is 13.2 Å². The molecule has 2 heteroatoms. The standard InChI is InChI=1S/C15H26O2/c1-10-4-5-12(8-16)11(2)14-7-15(3,9-17)6-13(10)14/h10,12-13,16-17H,4-9H2,1-3H3. The molecule has 0 aromatic rings. The van der Waals surface area contributed by atoms with E-state index in [0.29, 0.717) is 17.8 Å². The molecular weight excluding hydrogens is 212 g/mol. The van der Waals surface area contributed by atoms with E-state index in [1.54, 1.807) is 5.57 Å². The lowest BCUT2D eigenvalue weighted by Gasteiger charge is -2.23. The van der Waals surface area contributed by atoms with Crippen LogP contribution >= 0.6 is 0 Å². The van der Waals surface area contributed by atoms with Crippen LogP contribution in [0.15, 0.2) is 11.1 Å². The summed E-state index contributed by atoms with van der Waals surface area (Å²) in [6.07, 6.45) is 4.48. The number of allylic oxidation sites excluding steroid dienone is 1. The fraction of sp³-hybridized carbons (Fsp3) is 0.867. The zero-order valence-corrected chi connectivity index (χ0v) is 11.4. The van der Waals surface area contributed by atoms with Crippen molar-refractivity contribution in [2.24, 2.45) is 23.2 Å². The molecule has 2 rings (SSSR count). The van der Waals surface area contributed by atoms with Crippen LogP contribution in [0.1, 0.15) is 46.5 Å². The Morgan fingerprint density at radius 1 is 1.29 bits per heavy atom. The summed E-state index contributed by atoms with van der Waals surface area (Å²) in [5.41, 5.74) is 3.04. The van der Waals surface area contributed by atoms with E-state index < -0.39 is 0 Å². The molecule has 0 bridgehead atoms. The number of hydrogen-bond donors (Lipinski definition) is 2. The van der Waals surface area contributed by atoms with Crippen molar-refractivity contribution in [2.45, 2.75) is 46.5 Å². The van der Waals surface area contributed by atoms with Crippen LogP contribution in [-0.4, -0.2) is 23.4 Å². The average molecular weight is 238 g/mol. The molecule has 98 valence electrons. The molecule has 0 amide bonds. The average Bonchev–Trinajstić information content (AvgIpc) is 2.64. The first-order chi connectivity index (χ1) is 8.00. The fourth-order valence-electron chi connectivity index (χ4n) is 3.79. The van der Waals surface area contributed by atoms with E-state index in [4.69, 9.17) is 0 Å². The Morgan fingerprint density at radius 2 is 2.00 bits per heavy atom. The lowest BCUT2D eigenvalue weighted by molar-refractivity contribution is 0.138. The van der Waals surface area contributed by atoms with Gasteiger partial charge in [0, 0.05) is 19.1 Å². The topological polar surface area (TPSA) is 40.5 Å². The van der Waals surface area contributed by atoms with Crippen molar-refractivity contribution in [3.8, 4) is 0 Å². The number of aliphatic hydroxyl groups excluding tert-OH is 2. The maximum atomic E-state index is 9.57. The van der Waals surface area contributed by atoms with Crippen LogP contribution in [-0.2, 0) is 0 Å². The number of hydrogen-bond acceptors (Lipinski definition) is 2. The van der Waals surface area contributed by atoms with Gasteiger partial charge in [-0.15, -0.1) is 0 Å². The molecule has 0 aliphatic heterocycles. The van der Waals surface area contributed by atoms with E-state index in [9.17, 15) is 10.2 Å². The van der Waals surface area contributed by atoms with Crippen molar-refractivity contribution >= 4 is 0 Å². The van der Waals surface area contributed by atoms with Gasteiger partial charge in [0.25, 0.3) is 0 Å². The molecule has 0 aromatic heterocycles. The maximum absolute atomic E-state index is 9.57. The first-order valence-electron chi connectivity index (χ1n) is 6.92. The molecule has 0 spiro atoms. The van der Waals surface area contributed by atoms with Gasteiger partial charge in [-0.05, 0) is 49.9 Å². The summed E-state index contributed by atoms with van der Waals surface area (Å²) in [4.78, 5) is 0. The zero-order chi connectivity index (χ0) is 12.6. The highest BCUT2D eigenvalue weighted by molar-refractivity contribution is 5.26. The Morgan fingerprint density at radius 3 is 2.59 bits per heavy atom. The van der Waals surface area contributed by atoms with Crippen molar-refractivity contribution in [3.05, 3.63) is 11.1 Å². The Hall–Kier alpha value is -0.340. The SMILES string of the molecule is CC1=C2CC(C)(CO)CC2C(C)CCC1CO. The van der Waals surface area contributed by atoms with Gasteiger partial charge in [0.2, 0.25) is 0 Å². The molecule has 4 unspecified atom stereocenters. The van der Waals surface area contributed by atoms with Gasteiger partial charge in [-0.1, -0.05) is 25.0 Å². The Bertz CT molecular complexity index is 321. The minimum absolute atomic E-state index is 0.0763. The van der Waals surface area contributed by atoms with E-state index in [-0.39, 0.29) is 18.6 Å². The van der Waals surface area contributed by atoms with Gasteiger partial charge >= 0.3 is 0 Å². The molecule has 0 saturated heterocycles. The van der Waals surface area contributed by atoms with Crippen molar-refractivity contribution < 1.29 is 10.2 Å². The third-order valence-electron chi connectivity index (χ3n) is 5.16. The van der Waals surface area contributed by atoms with Gasteiger partial charge in [0.05, 0.1) is 0 Å². The van der Waals surface area contributed by atoms with Crippen molar-refractivity contribution in [3.63, 3.8) is 0 Å². The van der Waals surface area contributed by atoms with Crippen LogP contribution in [0.2, 0.25) is 0 Å². The summed E-state index contributed by atoms with van der Waals surface area (Å²) in [5, 5.41) is 19.1. The summed E-state index contributed by atoms with van der Waals surface area (Å²) in [6.45, 7) is 7.30. The van der Waals surface area contributed by atoms with Gasteiger partial charge in [0.15, 0.2) is 0 Å². The lowest BCUT2D eigenvalue weighted by Crippen LogP contribution is -2.19. The summed E-state index contributed by atoms with van der Waals surface area (Å²) < 4.78 is 0. The Labute approximate surface area is 105 Å². The minimum atomic E-state index is 0.0763. The Balaban J connectivity index is 2.33. The molecule has 1 saturated carbocycles. The number of aliphatic hydroxyl groups is 2. The van der Waals surface area contributed by atoms with E-state index in [2.05, 4.69) is 20.8 Å². The molecule has 0 aromatic carbocycles. The minimum Gasteiger partial charge on any atom is -0.396 e. The third-order valence-corrected chi connectivity index (χ3v) is 5.16. The highest BCUT2D eigenvalue weighted by atomic mass is 16.3. The fourth-order valence-corrected chi connectivity index (χ4v) is 3.79. The molecule has 17 heavy (non-hydrogen) atoms. The van der Waals surface area contributed by atoms with E-state index in [1.807, 2.05) is 0 Å². The van der Waals surface area contributed by atoms with Gasteiger partial charge in [0.1, 0.15) is 0 Å². The molecule has 2 aliphatic carbocycles. The van der Waals surface area contributed by atoms with Crippen molar-refractivity contribution in [1.29, 1.82) is 0 Å². The first-order valence-corrected chi connectivity index (χ1v) is 6.92. The third kappa shape index (κ3) is 2.30. The van der Waals surface area contributed by atoms with E-state index in [1.165, 1.54) is 12.0 Å². The van der Waals surface area contributed by atoms with Gasteiger partial charge in [-0.2, -0.15) is 0 Å². The first kappa shape index (κ1) is 13.1. The number of rotatable bonds is 2.